The van der Waals surface area contributed by atoms with Crippen LogP contribution in [0.5, 0.6) is 0 Å². The van der Waals surface area contributed by atoms with Crippen LogP contribution in [0.2, 0.25) is 0 Å². The molecule has 0 aliphatic rings. The van der Waals surface area contributed by atoms with Crippen LogP contribution >= 0.6 is 0 Å². The third-order valence-electron chi connectivity index (χ3n) is 4.26. The van der Waals surface area contributed by atoms with Crippen LogP contribution in [0, 0.1) is 0 Å². The molecule has 0 rings (SSSR count). The molecule has 0 atom stereocenters. The average Bonchev–Trinajstić information content (AvgIpc) is 2.71. The first-order valence-electron chi connectivity index (χ1n) is 12.1. The Morgan fingerprint density at radius 2 is 1.26 bits per heavy atom. The minimum absolute atomic E-state index is 0.211. The number of carbonyl (C=O) groups is 2. The van der Waals surface area contributed by atoms with Gasteiger partial charge in [0, 0.05) is 12.9 Å². The molecule has 0 saturated heterocycles. The van der Waals surface area contributed by atoms with Crippen molar-refractivity contribution in [3.8, 4) is 0 Å². The normalized spacial score (nSPS) is 10.2. The fraction of sp³-hybridized carbons (Fsp3) is 0.840. The van der Waals surface area contributed by atoms with E-state index in [-0.39, 0.29) is 12.4 Å². The van der Waals surface area contributed by atoms with Crippen LogP contribution < -0.4 is 5.11 Å². The van der Waals surface area contributed by atoms with Crippen molar-refractivity contribution >= 4 is 28.6 Å². The third-order valence-corrected chi connectivity index (χ3v) is 4.81. The Labute approximate surface area is 201 Å². The monoisotopic (exact) mass is 455 g/mol. The van der Waals surface area contributed by atoms with Gasteiger partial charge < -0.3 is 14.6 Å². The molecule has 0 aliphatic carbocycles. The van der Waals surface area contributed by atoms with Gasteiger partial charge in [0.25, 0.3) is 0 Å². The van der Waals surface area contributed by atoms with Gasteiger partial charge in [0.15, 0.2) is 0 Å². The number of unbranched alkanes of at least 4 members (excludes halogenated alkanes) is 11. The zero-order chi connectivity index (χ0) is 24.2. The molecule has 1 radical (unpaired) electrons. The van der Waals surface area contributed by atoms with Crippen molar-refractivity contribution in [1.82, 2.24) is 0 Å². The Bertz CT molecular complexity index is 397. The molecule has 0 heterocycles. The van der Waals surface area contributed by atoms with E-state index in [1.54, 1.807) is 6.92 Å². The Hall–Kier alpha value is -0.828. The van der Waals surface area contributed by atoms with Gasteiger partial charge in [-0.25, -0.2) is 0 Å². The minimum Gasteiger partial charge on any atom is -0.550 e. The molecule has 31 heavy (non-hydrogen) atoms. The maximum atomic E-state index is 10.2. The topological polar surface area (TPSA) is 75.7 Å². The molecule has 0 bridgehead atoms. The molecule has 0 saturated carbocycles. The van der Waals surface area contributed by atoms with E-state index in [1.165, 1.54) is 71.1 Å². The van der Waals surface area contributed by atoms with Crippen LogP contribution in [0.1, 0.15) is 125 Å². The zero-order valence-corrected chi connectivity index (χ0v) is 22.1. The van der Waals surface area contributed by atoms with E-state index in [0.29, 0.717) is 12.7 Å². The summed E-state index contributed by atoms with van der Waals surface area (Å²) in [6.07, 6.45) is 21.2. The molecule has 0 aliphatic heterocycles. The van der Waals surface area contributed by atoms with E-state index in [9.17, 15) is 14.7 Å². The number of hydrogen-bond donors (Lipinski definition) is 0. The van der Waals surface area contributed by atoms with E-state index in [2.05, 4.69) is 44.2 Å². The second kappa shape index (κ2) is 31.4. The van der Waals surface area contributed by atoms with Crippen LogP contribution in [0.4, 0.5) is 0 Å². The Balaban J connectivity index is -0.000000583. The van der Waals surface area contributed by atoms with Gasteiger partial charge in [0.1, 0.15) is 0 Å². The molecule has 0 aromatic heterocycles. The molecular formula is C25H48AlO5. The number of hydrogen-bond acceptors (Lipinski definition) is 5. The van der Waals surface area contributed by atoms with Crippen LogP contribution in [-0.4, -0.2) is 41.3 Å². The van der Waals surface area contributed by atoms with Gasteiger partial charge in [0.05, 0.1) is 6.61 Å². The fourth-order valence-electron chi connectivity index (χ4n) is 2.54. The molecule has 181 valence electrons. The SMILES string of the molecule is CC(C)[O][Al+].CCCCCCCC/C=C\CCCCCCCC(=O)[O-].CCOC(C)=O. The second-order valence-corrected chi connectivity index (χ2v) is 8.09. The van der Waals surface area contributed by atoms with Crippen LogP contribution in [0.15, 0.2) is 12.2 Å². The van der Waals surface area contributed by atoms with Crippen molar-refractivity contribution in [2.75, 3.05) is 6.61 Å². The standard InChI is InChI=1S/C18H34O2.C4H8O2.C3H7O.Al/c1-2-3-4-5-6-7-8-9-10-11-12-13-14-15-16-17-18(19)20;1-3-6-4(2)5;1-3(2)4;/h9-10H,2-8,11-17H2,1H3,(H,19,20);3H2,1-2H3;3H,1-2H3;/q;;-1;+2/p-1/b10-9-;;;. The minimum atomic E-state index is -0.914. The fourth-order valence-corrected chi connectivity index (χ4v) is 2.54. The molecule has 0 spiro atoms. The Kier molecular flexibility index (Phi) is 35.2. The summed E-state index contributed by atoms with van der Waals surface area (Å²) in [7, 11) is 0. The summed E-state index contributed by atoms with van der Waals surface area (Å²) in [5, 5.41) is 10.2. The van der Waals surface area contributed by atoms with E-state index in [1.807, 2.05) is 13.8 Å². The van der Waals surface area contributed by atoms with Gasteiger partial charge in [0.2, 0.25) is 0 Å². The van der Waals surface area contributed by atoms with E-state index in [0.717, 1.165) is 19.3 Å². The predicted molar refractivity (Wildman–Crippen MR) is 129 cm³/mol. The van der Waals surface area contributed by atoms with Gasteiger partial charge >= 0.3 is 46.3 Å². The van der Waals surface area contributed by atoms with Gasteiger partial charge in [-0.2, -0.15) is 0 Å². The van der Waals surface area contributed by atoms with Crippen molar-refractivity contribution in [3.05, 3.63) is 12.2 Å². The number of allylic oxidation sites excluding steroid dienone is 2. The molecule has 0 unspecified atom stereocenters. The Morgan fingerprint density at radius 1 is 0.839 bits per heavy atom. The van der Waals surface area contributed by atoms with Crippen molar-refractivity contribution in [2.45, 2.75) is 131 Å². The molecule has 5 nitrogen and oxygen atoms in total. The summed E-state index contributed by atoms with van der Waals surface area (Å²) >= 11 is 2.19. The molecule has 0 aromatic rings. The molecule has 0 amide bonds. The summed E-state index contributed by atoms with van der Waals surface area (Å²) in [5.41, 5.74) is 0. The van der Waals surface area contributed by atoms with Crippen molar-refractivity contribution in [2.24, 2.45) is 0 Å². The summed E-state index contributed by atoms with van der Waals surface area (Å²) in [6, 6.07) is 0. The van der Waals surface area contributed by atoms with Crippen molar-refractivity contribution < 1.29 is 23.2 Å². The number of rotatable bonds is 17. The van der Waals surface area contributed by atoms with Crippen LogP contribution in [-0.2, 0) is 18.1 Å². The molecule has 6 heteroatoms. The van der Waals surface area contributed by atoms with Gasteiger partial charge in [-0.15, -0.1) is 0 Å². The maximum Gasteiger partial charge on any atom is 0.302 e. The second-order valence-electron chi connectivity index (χ2n) is 7.82. The first-order chi connectivity index (χ1) is 14.8. The first kappa shape index (κ1) is 34.8. The number of ether oxygens (including phenoxy) is 1. The largest absolute Gasteiger partial charge is 0.550 e. The van der Waals surface area contributed by atoms with E-state index < -0.39 is 5.97 Å². The quantitative estimate of drug-likeness (QED) is 0.119. The summed E-state index contributed by atoms with van der Waals surface area (Å²) in [6.45, 7) is 9.87. The van der Waals surface area contributed by atoms with Gasteiger partial charge in [-0.05, 0) is 45.4 Å². The van der Waals surface area contributed by atoms with Crippen LogP contribution in [0.25, 0.3) is 0 Å². The summed E-state index contributed by atoms with van der Waals surface area (Å²) < 4.78 is 9.07. The third kappa shape index (κ3) is 48.0. The zero-order valence-electron chi connectivity index (χ0n) is 21.0. The van der Waals surface area contributed by atoms with Crippen LogP contribution in [0.3, 0.4) is 0 Å². The summed E-state index contributed by atoms with van der Waals surface area (Å²) in [5.74, 6) is -1.12. The number of carboxylic acids is 1. The smallest absolute Gasteiger partial charge is 0.302 e. The number of aliphatic carboxylic acids is 1. The predicted octanol–water partition coefficient (Wildman–Crippen LogP) is 5.84. The first-order valence-corrected chi connectivity index (χ1v) is 12.6. The van der Waals surface area contributed by atoms with Crippen molar-refractivity contribution in [3.63, 3.8) is 0 Å². The molecule has 0 aromatic carbocycles. The number of carboxylic acid groups (broad SMARTS) is 1. The number of esters is 1. The molecule has 0 N–H and O–H groups in total. The van der Waals surface area contributed by atoms with Crippen molar-refractivity contribution in [1.29, 1.82) is 0 Å². The molecular weight excluding hydrogens is 407 g/mol. The van der Waals surface area contributed by atoms with Gasteiger partial charge in [-0.3, -0.25) is 4.79 Å². The average molecular weight is 456 g/mol. The van der Waals surface area contributed by atoms with E-state index >= 15 is 0 Å². The molecule has 0 fully saturated rings. The maximum absolute atomic E-state index is 10.2. The van der Waals surface area contributed by atoms with E-state index in [4.69, 9.17) is 0 Å². The number of carbonyl (C=O) groups excluding carboxylic acids is 2. The summed E-state index contributed by atoms with van der Waals surface area (Å²) in [4.78, 5) is 20.0. The Morgan fingerprint density at radius 3 is 1.58 bits per heavy atom. The van der Waals surface area contributed by atoms with Gasteiger partial charge in [-0.1, -0.05) is 70.4 Å².